The summed E-state index contributed by atoms with van der Waals surface area (Å²) in [6.45, 7) is 0. The Bertz CT molecular complexity index is 804. The van der Waals surface area contributed by atoms with Crippen LogP contribution in [0.1, 0.15) is 23.6 Å². The molecule has 0 N–H and O–H groups in total. The van der Waals surface area contributed by atoms with Crippen LogP contribution in [0.5, 0.6) is 23.0 Å². The van der Waals surface area contributed by atoms with Gasteiger partial charge in [0.2, 0.25) is 0 Å². The zero-order valence-corrected chi connectivity index (χ0v) is 16.0. The maximum Gasteiger partial charge on any atom is 0.123 e. The van der Waals surface area contributed by atoms with Crippen molar-refractivity contribution in [1.29, 1.82) is 0 Å². The van der Waals surface area contributed by atoms with Crippen molar-refractivity contribution in [2.75, 3.05) is 28.4 Å². The second-order valence-electron chi connectivity index (χ2n) is 6.04. The fraction of sp³-hybridized carbons (Fsp3) is 0.286. The van der Waals surface area contributed by atoms with Gasteiger partial charge in [0.05, 0.1) is 34.5 Å². The molecule has 0 amide bonds. The number of hydrogen-bond donors (Lipinski definition) is 0. The largest absolute Gasteiger partial charge is 0.497 e. The first-order valence-electron chi connectivity index (χ1n) is 8.62. The van der Waals surface area contributed by atoms with Crippen LogP contribution in [-0.2, 0) is 0 Å². The Hall–Kier alpha value is -3.15. The van der Waals surface area contributed by atoms with Gasteiger partial charge in [0.25, 0.3) is 0 Å². The van der Waals surface area contributed by atoms with Crippen molar-refractivity contribution in [3.8, 4) is 23.0 Å². The van der Waals surface area contributed by atoms with Crippen LogP contribution in [0.2, 0.25) is 0 Å². The highest BCUT2D eigenvalue weighted by Crippen LogP contribution is 2.34. The fourth-order valence-electron chi connectivity index (χ4n) is 2.97. The zero-order valence-electron chi connectivity index (χ0n) is 16.0. The van der Waals surface area contributed by atoms with Crippen molar-refractivity contribution >= 4 is 12.3 Å². The molecule has 1 heterocycles. The van der Waals surface area contributed by atoms with E-state index in [9.17, 15) is 0 Å². The second kappa shape index (κ2) is 8.49. The lowest BCUT2D eigenvalue weighted by Crippen LogP contribution is -2.13. The minimum absolute atomic E-state index is 0.0813. The first-order valence-corrected chi connectivity index (χ1v) is 8.62. The van der Waals surface area contributed by atoms with Crippen LogP contribution < -0.4 is 18.9 Å². The van der Waals surface area contributed by atoms with Gasteiger partial charge in [-0.05, 0) is 41.5 Å². The predicted molar refractivity (Wildman–Crippen MR) is 106 cm³/mol. The topological polar surface area (TPSA) is 52.5 Å². The Morgan fingerprint density at radius 1 is 0.815 bits per heavy atom. The van der Waals surface area contributed by atoms with Gasteiger partial charge in [-0.25, -0.2) is 0 Å². The van der Waals surface area contributed by atoms with Crippen molar-refractivity contribution < 1.29 is 18.9 Å². The van der Waals surface area contributed by atoms with Crippen LogP contribution in [0.4, 0.5) is 0 Å². The minimum Gasteiger partial charge on any atom is -0.497 e. The van der Waals surface area contributed by atoms with Crippen LogP contribution in [0, 0.1) is 0 Å². The maximum absolute atomic E-state index is 5.39. The van der Waals surface area contributed by atoms with E-state index in [0.717, 1.165) is 40.5 Å². The van der Waals surface area contributed by atoms with Gasteiger partial charge in [-0.2, -0.15) is 5.10 Å². The summed E-state index contributed by atoms with van der Waals surface area (Å²) in [5.41, 5.74) is 2.05. The summed E-state index contributed by atoms with van der Waals surface area (Å²) in [5, 5.41) is 6.41. The molecule has 6 nitrogen and oxygen atoms in total. The van der Waals surface area contributed by atoms with E-state index in [1.165, 1.54) is 0 Å². The molecule has 2 aromatic rings. The average molecular weight is 368 g/mol. The second-order valence-corrected chi connectivity index (χ2v) is 6.04. The molecule has 1 unspecified atom stereocenters. The van der Waals surface area contributed by atoms with Crippen molar-refractivity contribution in [3.63, 3.8) is 0 Å². The fourth-order valence-corrected chi connectivity index (χ4v) is 2.97. The smallest absolute Gasteiger partial charge is 0.123 e. The number of rotatable bonds is 7. The van der Waals surface area contributed by atoms with Gasteiger partial charge in [-0.3, -0.25) is 5.01 Å². The quantitative estimate of drug-likeness (QED) is 0.736. The van der Waals surface area contributed by atoms with E-state index in [0.29, 0.717) is 0 Å². The SMILES string of the molecule is COc1cc(C=CN2N=CCC2c2cc(OC)cc(OC)c2)cc(OC)c1. The van der Waals surface area contributed by atoms with Crippen LogP contribution in [0.3, 0.4) is 0 Å². The van der Waals surface area contributed by atoms with Gasteiger partial charge in [-0.1, -0.05) is 0 Å². The average Bonchev–Trinajstić information content (AvgIpc) is 3.20. The molecule has 0 bridgehead atoms. The highest BCUT2D eigenvalue weighted by Gasteiger charge is 2.22. The van der Waals surface area contributed by atoms with Gasteiger partial charge in [0.15, 0.2) is 0 Å². The molecule has 1 atom stereocenters. The molecule has 6 heteroatoms. The van der Waals surface area contributed by atoms with Crippen LogP contribution >= 0.6 is 0 Å². The third kappa shape index (κ3) is 4.34. The summed E-state index contributed by atoms with van der Waals surface area (Å²) in [5.74, 6) is 3.01. The molecule has 0 aliphatic carbocycles. The number of hydrazone groups is 1. The molecule has 27 heavy (non-hydrogen) atoms. The van der Waals surface area contributed by atoms with Crippen LogP contribution in [0.15, 0.2) is 47.7 Å². The Labute approximate surface area is 159 Å². The summed E-state index contributed by atoms with van der Waals surface area (Å²) in [6.07, 6.45) is 6.65. The summed E-state index contributed by atoms with van der Waals surface area (Å²) in [6, 6.07) is 11.7. The van der Waals surface area contributed by atoms with Crippen molar-refractivity contribution in [2.24, 2.45) is 5.10 Å². The molecule has 0 aromatic heterocycles. The molecule has 2 aromatic carbocycles. The third-order valence-corrected chi connectivity index (χ3v) is 4.42. The molecule has 0 fully saturated rings. The van der Waals surface area contributed by atoms with Crippen molar-refractivity contribution in [1.82, 2.24) is 5.01 Å². The van der Waals surface area contributed by atoms with Gasteiger partial charge in [0.1, 0.15) is 23.0 Å². The van der Waals surface area contributed by atoms with Gasteiger partial charge < -0.3 is 18.9 Å². The summed E-state index contributed by atoms with van der Waals surface area (Å²) >= 11 is 0. The highest BCUT2D eigenvalue weighted by atomic mass is 16.5. The number of nitrogens with zero attached hydrogens (tertiary/aromatic N) is 2. The third-order valence-electron chi connectivity index (χ3n) is 4.42. The number of methoxy groups -OCH3 is 4. The summed E-state index contributed by atoms with van der Waals surface area (Å²) in [4.78, 5) is 0. The van der Waals surface area contributed by atoms with E-state index in [-0.39, 0.29) is 6.04 Å². The molecule has 142 valence electrons. The van der Waals surface area contributed by atoms with Crippen LogP contribution in [-0.4, -0.2) is 39.7 Å². The lowest BCUT2D eigenvalue weighted by atomic mass is 10.0. The van der Waals surface area contributed by atoms with Gasteiger partial charge in [-0.15, -0.1) is 0 Å². The van der Waals surface area contributed by atoms with E-state index in [1.807, 2.05) is 59.9 Å². The number of ether oxygens (including phenoxy) is 4. The molecular formula is C21H24N2O4. The first kappa shape index (κ1) is 18.6. The standard InChI is InChI=1S/C21H24N2O4/c1-24-17-9-15(10-18(13-17)25-2)6-8-23-21(5-7-22-23)16-11-19(26-3)14-20(12-16)27-4/h6-14,21H,5H2,1-4H3. The Kier molecular flexibility index (Phi) is 5.86. The van der Waals surface area contributed by atoms with Gasteiger partial charge in [0, 0.05) is 31.0 Å². The summed E-state index contributed by atoms with van der Waals surface area (Å²) < 4.78 is 21.4. The van der Waals surface area contributed by atoms with E-state index in [2.05, 4.69) is 5.10 Å². The molecule has 0 radical (unpaired) electrons. The molecular weight excluding hydrogens is 344 g/mol. The van der Waals surface area contributed by atoms with E-state index < -0.39 is 0 Å². The van der Waals surface area contributed by atoms with Crippen molar-refractivity contribution in [2.45, 2.75) is 12.5 Å². The molecule has 1 aliphatic heterocycles. The lowest BCUT2D eigenvalue weighted by Gasteiger charge is -2.21. The highest BCUT2D eigenvalue weighted by molar-refractivity contribution is 5.62. The van der Waals surface area contributed by atoms with E-state index in [4.69, 9.17) is 18.9 Å². The maximum atomic E-state index is 5.39. The molecule has 0 saturated heterocycles. The zero-order chi connectivity index (χ0) is 19.2. The Balaban J connectivity index is 1.85. The monoisotopic (exact) mass is 368 g/mol. The molecule has 0 spiro atoms. The minimum atomic E-state index is 0.0813. The number of hydrogen-bond acceptors (Lipinski definition) is 6. The molecule has 3 rings (SSSR count). The number of benzene rings is 2. The van der Waals surface area contributed by atoms with E-state index >= 15 is 0 Å². The Morgan fingerprint density at radius 3 is 1.85 bits per heavy atom. The first-order chi connectivity index (χ1) is 13.2. The molecule has 0 saturated carbocycles. The van der Waals surface area contributed by atoms with Crippen LogP contribution in [0.25, 0.3) is 6.08 Å². The van der Waals surface area contributed by atoms with E-state index in [1.54, 1.807) is 28.4 Å². The molecule has 1 aliphatic rings. The lowest BCUT2D eigenvalue weighted by molar-refractivity contribution is 0.327. The van der Waals surface area contributed by atoms with Gasteiger partial charge >= 0.3 is 0 Å². The Morgan fingerprint density at radius 2 is 1.33 bits per heavy atom. The normalized spacial score (nSPS) is 16.0. The summed E-state index contributed by atoms with van der Waals surface area (Å²) in [7, 11) is 6.58. The van der Waals surface area contributed by atoms with Crippen molar-refractivity contribution in [3.05, 3.63) is 53.7 Å². The predicted octanol–water partition coefficient (Wildman–Crippen LogP) is 4.12.